The van der Waals surface area contributed by atoms with Crippen LogP contribution in [0.25, 0.3) is 11.4 Å². The molecule has 3 heterocycles. The zero-order chi connectivity index (χ0) is 24.4. The summed E-state index contributed by atoms with van der Waals surface area (Å²) in [5.74, 6) is -1.07. The van der Waals surface area contributed by atoms with E-state index in [-0.39, 0.29) is 17.3 Å². The average Bonchev–Trinajstić information content (AvgIpc) is 3.18. The molecule has 1 aromatic heterocycles. The molecule has 8 nitrogen and oxygen atoms in total. The van der Waals surface area contributed by atoms with E-state index in [1.165, 1.54) is 12.1 Å². The van der Waals surface area contributed by atoms with Crippen molar-refractivity contribution in [3.63, 3.8) is 0 Å². The van der Waals surface area contributed by atoms with Crippen LogP contribution in [0.3, 0.4) is 0 Å². The highest BCUT2D eigenvalue weighted by Gasteiger charge is 2.44. The first-order valence-electron chi connectivity index (χ1n) is 10.4. The number of aliphatic carboxylic acids is 1. The molecule has 0 atom stereocenters. The number of alkyl halides is 3. The molecule has 0 aliphatic carbocycles. The van der Waals surface area contributed by atoms with Gasteiger partial charge < -0.3 is 14.6 Å². The second kappa shape index (κ2) is 9.46. The van der Waals surface area contributed by atoms with Gasteiger partial charge in [0.25, 0.3) is 0 Å². The number of piperidine rings is 1. The number of benzene rings is 1. The first-order chi connectivity index (χ1) is 15.5. The Bertz CT molecular complexity index is 998. The molecule has 0 saturated carbocycles. The number of carboxylic acid groups (broad SMARTS) is 1. The molecule has 2 aromatic rings. The van der Waals surface area contributed by atoms with Crippen molar-refractivity contribution in [1.82, 2.24) is 24.6 Å². The molecule has 1 fully saturated rings. The van der Waals surface area contributed by atoms with E-state index in [1.54, 1.807) is 12.1 Å². The molecule has 1 aromatic carbocycles. The zero-order valence-corrected chi connectivity index (χ0v) is 18.3. The summed E-state index contributed by atoms with van der Waals surface area (Å²) in [5, 5.41) is 16.0. The number of hydrogen-bond acceptors (Lipinski definition) is 5. The van der Waals surface area contributed by atoms with Crippen molar-refractivity contribution in [3.05, 3.63) is 35.9 Å². The van der Waals surface area contributed by atoms with E-state index in [0.29, 0.717) is 6.42 Å². The molecular weight excluding hydrogens is 446 g/mol. The summed E-state index contributed by atoms with van der Waals surface area (Å²) >= 11 is 0. The maximum atomic E-state index is 13.3. The van der Waals surface area contributed by atoms with Gasteiger partial charge in [-0.15, -0.1) is 10.2 Å². The quantitative estimate of drug-likeness (QED) is 0.678. The lowest BCUT2D eigenvalue weighted by molar-refractivity contribution is -0.192. The van der Waals surface area contributed by atoms with E-state index in [4.69, 9.17) is 9.90 Å². The summed E-state index contributed by atoms with van der Waals surface area (Å²) in [4.78, 5) is 25.2. The van der Waals surface area contributed by atoms with Crippen LogP contribution in [0.4, 0.5) is 17.6 Å². The summed E-state index contributed by atoms with van der Waals surface area (Å²) in [6.07, 6.45) is -2.78. The number of hydrogen-bond donors (Lipinski definition) is 1. The van der Waals surface area contributed by atoms with Crippen molar-refractivity contribution in [2.75, 3.05) is 26.7 Å². The number of nitrogens with zero attached hydrogens (tertiary/aromatic N) is 5. The predicted molar refractivity (Wildman–Crippen MR) is 110 cm³/mol. The first kappa shape index (κ1) is 24.6. The third-order valence-electron chi connectivity index (χ3n) is 5.87. The second-order valence-electron chi connectivity index (χ2n) is 8.22. The molecule has 12 heteroatoms. The van der Waals surface area contributed by atoms with Crippen LogP contribution in [0.15, 0.2) is 24.3 Å². The molecule has 180 valence electrons. The van der Waals surface area contributed by atoms with Crippen molar-refractivity contribution < 1.29 is 32.3 Å². The molecule has 2 aliphatic rings. The fourth-order valence-electron chi connectivity index (χ4n) is 4.35. The Labute approximate surface area is 187 Å². The Morgan fingerprint density at radius 3 is 2.21 bits per heavy atom. The largest absolute Gasteiger partial charge is 0.490 e. The molecule has 0 radical (unpaired) electrons. The Hall–Kier alpha value is -3.02. The van der Waals surface area contributed by atoms with Crippen LogP contribution in [0, 0.1) is 5.82 Å². The van der Waals surface area contributed by atoms with Crippen LogP contribution >= 0.6 is 0 Å². The maximum absolute atomic E-state index is 13.3. The number of carboxylic acids is 1. The van der Waals surface area contributed by atoms with Crippen LogP contribution in [-0.2, 0) is 21.7 Å². The lowest BCUT2D eigenvalue weighted by atomic mass is 9.84. The number of rotatable bonds is 2. The Morgan fingerprint density at radius 2 is 1.70 bits per heavy atom. The fourth-order valence-corrected chi connectivity index (χ4v) is 4.35. The van der Waals surface area contributed by atoms with E-state index in [0.717, 1.165) is 56.2 Å². The minimum absolute atomic E-state index is 0.125. The van der Waals surface area contributed by atoms with Gasteiger partial charge in [0, 0.05) is 31.6 Å². The van der Waals surface area contributed by atoms with Crippen molar-refractivity contribution in [3.8, 4) is 11.4 Å². The second-order valence-corrected chi connectivity index (χ2v) is 8.22. The zero-order valence-electron chi connectivity index (χ0n) is 18.3. The van der Waals surface area contributed by atoms with E-state index in [2.05, 4.69) is 26.7 Å². The van der Waals surface area contributed by atoms with Gasteiger partial charge >= 0.3 is 12.1 Å². The van der Waals surface area contributed by atoms with Crippen LogP contribution in [-0.4, -0.2) is 74.4 Å². The number of likely N-dealkylation sites (N-methyl/N-ethyl adjacent to an activating group) is 1. The normalized spacial score (nSPS) is 17.8. The van der Waals surface area contributed by atoms with Crippen LogP contribution in [0.5, 0.6) is 0 Å². The van der Waals surface area contributed by atoms with E-state index in [1.807, 2.05) is 11.8 Å². The third kappa shape index (κ3) is 5.32. The summed E-state index contributed by atoms with van der Waals surface area (Å²) in [7, 11) is 2.10. The number of likely N-dealkylation sites (tertiary alicyclic amines) is 1. The molecule has 0 bridgehead atoms. The Morgan fingerprint density at radius 1 is 1.12 bits per heavy atom. The van der Waals surface area contributed by atoms with E-state index < -0.39 is 12.1 Å². The highest BCUT2D eigenvalue weighted by atomic mass is 19.4. The van der Waals surface area contributed by atoms with Crippen molar-refractivity contribution in [2.45, 2.75) is 44.4 Å². The van der Waals surface area contributed by atoms with Gasteiger partial charge in [0.1, 0.15) is 11.6 Å². The molecule has 1 saturated heterocycles. The smallest absolute Gasteiger partial charge is 0.475 e. The fraction of sp³-hybridized carbons (Fsp3) is 0.524. The van der Waals surface area contributed by atoms with Gasteiger partial charge in [-0.1, -0.05) is 6.92 Å². The summed E-state index contributed by atoms with van der Waals surface area (Å²) < 4.78 is 47.3. The molecule has 1 spiro atoms. The standard InChI is InChI=1S/C19H24FN5O.C2HF3O2/c1-3-17(26)24-10-8-19(9-11-24)13-23(2)12-16-21-22-18(25(16)19)14-4-6-15(20)7-5-14;3-2(4,5)1(6)7/h4-7H,3,8-13H2,1-2H3;(H,6,7). The highest BCUT2D eigenvalue weighted by Crippen LogP contribution is 2.39. The van der Waals surface area contributed by atoms with Gasteiger partial charge in [-0.2, -0.15) is 13.2 Å². The number of halogens is 4. The van der Waals surface area contributed by atoms with Gasteiger partial charge in [-0.25, -0.2) is 9.18 Å². The van der Waals surface area contributed by atoms with Crippen LogP contribution in [0.1, 0.15) is 32.0 Å². The summed E-state index contributed by atoms with van der Waals surface area (Å²) in [5.41, 5.74) is 0.751. The van der Waals surface area contributed by atoms with E-state index in [9.17, 15) is 22.4 Å². The molecule has 2 aliphatic heterocycles. The number of amides is 1. The Balaban J connectivity index is 0.000000383. The van der Waals surface area contributed by atoms with Gasteiger partial charge in [0.15, 0.2) is 5.82 Å². The summed E-state index contributed by atoms with van der Waals surface area (Å²) in [6, 6.07) is 6.44. The first-order valence-corrected chi connectivity index (χ1v) is 10.4. The number of carbonyl (C=O) groups excluding carboxylic acids is 1. The van der Waals surface area contributed by atoms with Crippen molar-refractivity contribution in [1.29, 1.82) is 0 Å². The molecule has 33 heavy (non-hydrogen) atoms. The molecule has 1 amide bonds. The van der Waals surface area contributed by atoms with Gasteiger partial charge in [0.05, 0.1) is 12.1 Å². The van der Waals surface area contributed by atoms with Crippen molar-refractivity contribution in [2.24, 2.45) is 0 Å². The number of carbonyl (C=O) groups is 2. The lowest BCUT2D eigenvalue weighted by Crippen LogP contribution is -2.55. The van der Waals surface area contributed by atoms with Crippen LogP contribution < -0.4 is 0 Å². The average molecular weight is 471 g/mol. The molecule has 0 unspecified atom stereocenters. The SMILES string of the molecule is CCC(=O)N1CCC2(CC1)CN(C)Cc1nnc(-c3ccc(F)cc3)n12.O=C(O)C(F)(F)F. The topological polar surface area (TPSA) is 91.6 Å². The van der Waals surface area contributed by atoms with E-state index >= 15 is 0 Å². The van der Waals surface area contributed by atoms with Gasteiger partial charge in [0.2, 0.25) is 5.91 Å². The lowest BCUT2D eigenvalue weighted by Gasteiger charge is -2.48. The predicted octanol–water partition coefficient (Wildman–Crippen LogP) is 2.89. The summed E-state index contributed by atoms with van der Waals surface area (Å²) in [6.45, 7) is 5.06. The van der Waals surface area contributed by atoms with Crippen molar-refractivity contribution >= 4 is 11.9 Å². The number of aromatic nitrogens is 3. The van der Waals surface area contributed by atoms with Gasteiger partial charge in [-0.3, -0.25) is 9.69 Å². The molecule has 4 rings (SSSR count). The molecular formula is C21H25F4N5O3. The van der Waals surface area contributed by atoms with Gasteiger partial charge in [-0.05, 0) is 44.2 Å². The monoisotopic (exact) mass is 471 g/mol. The minimum Gasteiger partial charge on any atom is -0.475 e. The highest BCUT2D eigenvalue weighted by molar-refractivity contribution is 5.76. The van der Waals surface area contributed by atoms with Crippen LogP contribution in [0.2, 0.25) is 0 Å². The molecule has 1 N–H and O–H groups in total. The maximum Gasteiger partial charge on any atom is 0.490 e. The third-order valence-corrected chi connectivity index (χ3v) is 5.87. The number of fused-ring (bicyclic) bond motifs is 2. The Kier molecular flexibility index (Phi) is 7.06. The minimum atomic E-state index is -5.08.